The monoisotopic (exact) mass is 267 g/mol. The Morgan fingerprint density at radius 2 is 1.68 bits per heavy atom. The van der Waals surface area contributed by atoms with Crippen molar-refractivity contribution in [1.29, 1.82) is 0 Å². The quantitative estimate of drug-likeness (QED) is 0.432. The predicted molar refractivity (Wildman–Crippen MR) is 80.1 cm³/mol. The highest BCUT2D eigenvalue weighted by Gasteiger charge is 1.96. The van der Waals surface area contributed by atoms with Crippen LogP contribution in [0.2, 0.25) is 0 Å². The zero-order valence-corrected chi connectivity index (χ0v) is 12.5. The van der Waals surface area contributed by atoms with Crippen LogP contribution in [0.4, 0.5) is 0 Å². The highest BCUT2D eigenvalue weighted by Crippen LogP contribution is 2.06. The van der Waals surface area contributed by atoms with Crippen LogP contribution in [-0.2, 0) is 9.59 Å². The van der Waals surface area contributed by atoms with Gasteiger partial charge in [-0.2, -0.15) is 0 Å². The molecule has 1 amide bonds. The van der Waals surface area contributed by atoms with Crippen LogP contribution >= 0.6 is 0 Å². The number of nitrogens with one attached hydrogen (secondary N) is 1. The minimum absolute atomic E-state index is 0.0467. The molecule has 0 aromatic heterocycles. The molecule has 19 heavy (non-hydrogen) atoms. The van der Waals surface area contributed by atoms with Gasteiger partial charge in [-0.3, -0.25) is 4.79 Å². The highest BCUT2D eigenvalue weighted by molar-refractivity contribution is 5.87. The van der Waals surface area contributed by atoms with Crippen molar-refractivity contribution in [3.8, 4) is 0 Å². The average Bonchev–Trinajstić information content (AvgIpc) is 2.37. The smallest absolute Gasteiger partial charge is 0.243 e. The Morgan fingerprint density at radius 1 is 1.00 bits per heavy atom. The van der Waals surface area contributed by atoms with Gasteiger partial charge in [0.25, 0.3) is 0 Å². The first-order valence-corrected chi connectivity index (χ1v) is 7.60. The molecule has 0 aliphatic heterocycles. The van der Waals surface area contributed by atoms with Gasteiger partial charge in [-0.05, 0) is 32.3 Å². The molecule has 0 saturated carbocycles. The van der Waals surface area contributed by atoms with Gasteiger partial charge < -0.3 is 10.1 Å². The molecule has 0 fully saturated rings. The number of carbonyl (C=O) groups excluding carboxylic acids is 2. The predicted octanol–water partition coefficient (Wildman–Crippen LogP) is 3.78. The fourth-order valence-corrected chi connectivity index (χ4v) is 1.84. The van der Waals surface area contributed by atoms with Crippen LogP contribution in [0.3, 0.4) is 0 Å². The number of amides is 1. The highest BCUT2D eigenvalue weighted by atomic mass is 16.1. The topological polar surface area (TPSA) is 46.2 Å². The summed E-state index contributed by atoms with van der Waals surface area (Å²) in [4.78, 5) is 22.1. The molecular formula is C16H29NO2. The summed E-state index contributed by atoms with van der Waals surface area (Å²) in [6.45, 7) is 4.37. The standard InChI is InChI=1S/C16H29NO2/c1-3-4-5-6-7-8-9-10-13-16(19)17-14-11-12-15(2)18/h10,13H,3-9,11-12,14H2,1-2H3,(H,17,19). The third kappa shape index (κ3) is 14.8. The van der Waals surface area contributed by atoms with Crippen molar-refractivity contribution in [2.45, 2.75) is 71.6 Å². The van der Waals surface area contributed by atoms with Crippen molar-refractivity contribution in [2.75, 3.05) is 6.54 Å². The van der Waals surface area contributed by atoms with Crippen LogP contribution in [0.1, 0.15) is 71.6 Å². The lowest BCUT2D eigenvalue weighted by Crippen LogP contribution is -2.22. The lowest BCUT2D eigenvalue weighted by atomic mass is 10.1. The molecule has 0 aromatic rings. The molecule has 0 aromatic carbocycles. The van der Waals surface area contributed by atoms with E-state index in [2.05, 4.69) is 12.2 Å². The van der Waals surface area contributed by atoms with Gasteiger partial charge >= 0.3 is 0 Å². The van der Waals surface area contributed by atoms with E-state index in [1.165, 1.54) is 32.1 Å². The van der Waals surface area contributed by atoms with Crippen LogP contribution in [0.25, 0.3) is 0 Å². The molecule has 110 valence electrons. The molecule has 0 saturated heterocycles. The molecule has 0 radical (unpaired) electrons. The van der Waals surface area contributed by atoms with E-state index in [4.69, 9.17) is 0 Å². The van der Waals surface area contributed by atoms with Gasteiger partial charge in [-0.1, -0.05) is 45.1 Å². The summed E-state index contributed by atoms with van der Waals surface area (Å²) in [5.74, 6) is 0.127. The second kappa shape index (κ2) is 13.3. The van der Waals surface area contributed by atoms with E-state index < -0.39 is 0 Å². The molecular weight excluding hydrogens is 238 g/mol. The van der Waals surface area contributed by atoms with Crippen LogP contribution in [0.15, 0.2) is 12.2 Å². The summed E-state index contributed by atoms with van der Waals surface area (Å²) in [7, 11) is 0. The molecule has 0 bridgehead atoms. The maximum absolute atomic E-state index is 11.4. The average molecular weight is 267 g/mol. The molecule has 0 spiro atoms. The lowest BCUT2D eigenvalue weighted by Gasteiger charge is -2.00. The summed E-state index contributed by atoms with van der Waals surface area (Å²) in [6.07, 6.45) is 13.5. The van der Waals surface area contributed by atoms with Crippen LogP contribution in [0.5, 0.6) is 0 Å². The number of ketones is 1. The molecule has 3 heteroatoms. The number of allylic oxidation sites excluding steroid dienone is 1. The Labute approximate surface area is 117 Å². The first kappa shape index (κ1) is 17.9. The first-order valence-electron chi connectivity index (χ1n) is 7.60. The zero-order valence-electron chi connectivity index (χ0n) is 12.5. The molecule has 1 N–H and O–H groups in total. The van der Waals surface area contributed by atoms with E-state index in [-0.39, 0.29) is 11.7 Å². The summed E-state index contributed by atoms with van der Waals surface area (Å²) in [5, 5.41) is 2.78. The number of unbranched alkanes of at least 4 members (excludes halogenated alkanes) is 6. The first-order chi connectivity index (χ1) is 9.16. The van der Waals surface area contributed by atoms with Gasteiger partial charge in [-0.15, -0.1) is 0 Å². The molecule has 0 heterocycles. The number of rotatable bonds is 12. The Kier molecular flexibility index (Phi) is 12.5. The Balaban J connectivity index is 3.34. The molecule has 0 atom stereocenters. The summed E-state index contributed by atoms with van der Waals surface area (Å²) >= 11 is 0. The van der Waals surface area contributed by atoms with Gasteiger partial charge in [-0.25, -0.2) is 0 Å². The van der Waals surface area contributed by atoms with Gasteiger partial charge in [0.1, 0.15) is 5.78 Å². The maximum atomic E-state index is 11.4. The second-order valence-electron chi connectivity index (χ2n) is 5.06. The van der Waals surface area contributed by atoms with Gasteiger partial charge in [0.2, 0.25) is 5.91 Å². The van der Waals surface area contributed by atoms with E-state index in [1.807, 2.05) is 6.08 Å². The van der Waals surface area contributed by atoms with Crippen LogP contribution in [0, 0.1) is 0 Å². The van der Waals surface area contributed by atoms with E-state index in [0.717, 1.165) is 19.3 Å². The summed E-state index contributed by atoms with van der Waals surface area (Å²) in [5.41, 5.74) is 0. The van der Waals surface area contributed by atoms with Gasteiger partial charge in [0, 0.05) is 13.0 Å². The summed E-state index contributed by atoms with van der Waals surface area (Å²) < 4.78 is 0. The Hall–Kier alpha value is -1.12. The van der Waals surface area contributed by atoms with Gasteiger partial charge in [0.15, 0.2) is 0 Å². The normalized spacial score (nSPS) is 10.8. The number of hydrogen-bond acceptors (Lipinski definition) is 2. The Morgan fingerprint density at radius 3 is 2.37 bits per heavy atom. The number of hydrogen-bond donors (Lipinski definition) is 1. The molecule has 3 nitrogen and oxygen atoms in total. The number of carbonyl (C=O) groups is 2. The third-order valence-electron chi connectivity index (χ3n) is 3.00. The molecule has 0 aliphatic rings. The fourth-order valence-electron chi connectivity index (χ4n) is 1.84. The maximum Gasteiger partial charge on any atom is 0.243 e. The lowest BCUT2D eigenvalue weighted by molar-refractivity contribution is -0.118. The molecule has 0 unspecified atom stereocenters. The summed E-state index contributed by atoms with van der Waals surface area (Å²) in [6, 6.07) is 0. The number of Topliss-reactive ketones (excluding diaryl/α,β-unsaturated/α-hetero) is 1. The fraction of sp³-hybridized carbons (Fsp3) is 0.750. The zero-order chi connectivity index (χ0) is 14.3. The van der Waals surface area contributed by atoms with Crippen molar-refractivity contribution in [3.63, 3.8) is 0 Å². The van der Waals surface area contributed by atoms with Crippen molar-refractivity contribution < 1.29 is 9.59 Å². The van der Waals surface area contributed by atoms with E-state index in [0.29, 0.717) is 13.0 Å². The largest absolute Gasteiger partial charge is 0.353 e. The Bertz CT molecular complexity index is 272. The van der Waals surface area contributed by atoms with Crippen LogP contribution < -0.4 is 5.32 Å². The molecule has 0 aliphatic carbocycles. The van der Waals surface area contributed by atoms with Crippen molar-refractivity contribution in [3.05, 3.63) is 12.2 Å². The van der Waals surface area contributed by atoms with Crippen molar-refractivity contribution >= 4 is 11.7 Å². The molecule has 0 rings (SSSR count). The van der Waals surface area contributed by atoms with E-state index in [1.54, 1.807) is 13.0 Å². The van der Waals surface area contributed by atoms with Crippen molar-refractivity contribution in [2.24, 2.45) is 0 Å². The minimum Gasteiger partial charge on any atom is -0.353 e. The van der Waals surface area contributed by atoms with E-state index >= 15 is 0 Å². The minimum atomic E-state index is -0.0467. The van der Waals surface area contributed by atoms with E-state index in [9.17, 15) is 9.59 Å². The third-order valence-corrected chi connectivity index (χ3v) is 3.00. The van der Waals surface area contributed by atoms with Gasteiger partial charge in [0.05, 0.1) is 0 Å². The van der Waals surface area contributed by atoms with Crippen LogP contribution in [-0.4, -0.2) is 18.2 Å². The second-order valence-corrected chi connectivity index (χ2v) is 5.06. The van der Waals surface area contributed by atoms with Crippen molar-refractivity contribution in [1.82, 2.24) is 5.32 Å². The SMILES string of the molecule is CCCCCCCCC=CC(=O)NCCCC(C)=O.